The molecule has 0 saturated carbocycles. The van der Waals surface area contributed by atoms with Gasteiger partial charge in [0.2, 0.25) is 0 Å². The number of hydrogen-bond acceptors (Lipinski definition) is 1. The van der Waals surface area contributed by atoms with Crippen LogP contribution in [-0.2, 0) is 6.42 Å². The summed E-state index contributed by atoms with van der Waals surface area (Å²) in [7, 11) is 0. The van der Waals surface area contributed by atoms with Gasteiger partial charge in [-0.15, -0.1) is 0 Å². The first-order valence-corrected chi connectivity index (χ1v) is 4.73. The van der Waals surface area contributed by atoms with Crippen molar-refractivity contribution in [1.82, 2.24) is 10.3 Å². The minimum absolute atomic E-state index is 0.565. The predicted molar refractivity (Wildman–Crippen MR) is 50.1 cm³/mol. The molecule has 1 aromatic rings. The smallest absolute Gasteiger partial charge is 0.0337 e. The van der Waals surface area contributed by atoms with Crippen LogP contribution in [0.2, 0.25) is 0 Å². The average Bonchev–Trinajstić information content (AvgIpc) is 2.50. The van der Waals surface area contributed by atoms with Gasteiger partial charge in [0.15, 0.2) is 0 Å². The number of rotatable bonds is 1. The van der Waals surface area contributed by atoms with Gasteiger partial charge in [0.25, 0.3) is 0 Å². The monoisotopic (exact) mass is 164 g/mol. The summed E-state index contributed by atoms with van der Waals surface area (Å²) < 4.78 is 0. The lowest BCUT2D eigenvalue weighted by Crippen LogP contribution is -2.36. The summed E-state index contributed by atoms with van der Waals surface area (Å²) in [6.07, 6.45) is 4.36. The van der Waals surface area contributed by atoms with E-state index in [1.165, 1.54) is 17.7 Å². The Hall–Kier alpha value is -0.760. The number of H-pyrrole nitrogens is 1. The lowest BCUT2D eigenvalue weighted by molar-refractivity contribution is 0.412. The molecule has 0 spiro atoms. The molecule has 0 fully saturated rings. The molecule has 0 radical (unpaired) electrons. The molecule has 12 heavy (non-hydrogen) atoms. The Morgan fingerprint density at radius 2 is 2.42 bits per heavy atom. The van der Waals surface area contributed by atoms with Crippen molar-refractivity contribution in [3.63, 3.8) is 0 Å². The Morgan fingerprint density at radius 1 is 1.58 bits per heavy atom. The highest BCUT2D eigenvalue weighted by molar-refractivity contribution is 5.27. The molecule has 2 heterocycles. The zero-order valence-corrected chi connectivity index (χ0v) is 7.72. The molecule has 1 aliphatic rings. The molecule has 2 nitrogen and oxygen atoms in total. The lowest BCUT2D eigenvalue weighted by atomic mass is 9.95. The van der Waals surface area contributed by atoms with Crippen molar-refractivity contribution in [2.24, 2.45) is 0 Å². The number of nitrogens with one attached hydrogen (secondary N) is 2. The van der Waals surface area contributed by atoms with E-state index < -0.39 is 0 Å². The van der Waals surface area contributed by atoms with E-state index in [4.69, 9.17) is 0 Å². The second kappa shape index (κ2) is 2.94. The first kappa shape index (κ1) is 7.87. The number of hydrogen-bond donors (Lipinski definition) is 2. The van der Waals surface area contributed by atoms with Crippen molar-refractivity contribution in [1.29, 1.82) is 0 Å². The van der Waals surface area contributed by atoms with Crippen LogP contribution in [0.25, 0.3) is 0 Å². The first-order valence-electron chi connectivity index (χ1n) is 4.73. The highest BCUT2D eigenvalue weighted by atomic mass is 15.0. The van der Waals surface area contributed by atoms with Crippen LogP contribution in [0.1, 0.15) is 37.6 Å². The molecule has 0 aromatic carbocycles. The fraction of sp³-hybridized carbons (Fsp3) is 0.600. The maximum absolute atomic E-state index is 3.59. The molecular weight excluding hydrogens is 148 g/mol. The number of fused-ring (bicyclic) bond motifs is 1. The van der Waals surface area contributed by atoms with Gasteiger partial charge in [-0.3, -0.25) is 0 Å². The van der Waals surface area contributed by atoms with Crippen LogP contribution >= 0.6 is 0 Å². The van der Waals surface area contributed by atoms with E-state index in [9.17, 15) is 0 Å². The molecule has 0 amide bonds. The number of aromatic amines is 1. The summed E-state index contributed by atoms with van der Waals surface area (Å²) >= 11 is 0. The highest BCUT2D eigenvalue weighted by Gasteiger charge is 2.22. The molecule has 2 heteroatoms. The van der Waals surface area contributed by atoms with Gasteiger partial charge in [0.1, 0.15) is 0 Å². The largest absolute Gasteiger partial charge is 0.365 e. The average molecular weight is 164 g/mol. The minimum Gasteiger partial charge on any atom is -0.365 e. The highest BCUT2D eigenvalue weighted by Crippen LogP contribution is 2.26. The van der Waals surface area contributed by atoms with Crippen molar-refractivity contribution in [2.75, 3.05) is 0 Å². The van der Waals surface area contributed by atoms with Gasteiger partial charge < -0.3 is 10.3 Å². The molecule has 2 rings (SSSR count). The molecule has 2 N–H and O–H groups in total. The van der Waals surface area contributed by atoms with E-state index in [0.29, 0.717) is 12.1 Å². The Morgan fingerprint density at radius 3 is 3.17 bits per heavy atom. The van der Waals surface area contributed by atoms with Crippen LogP contribution < -0.4 is 5.32 Å². The third-order valence-corrected chi connectivity index (χ3v) is 2.65. The first-order chi connectivity index (χ1) is 5.81. The number of aromatic nitrogens is 1. The standard InChI is InChI=1S/C10H16N2/c1-3-9-8-4-5-11-10(8)6-7(2)12-9/h4-5,7,9,11-12H,3,6H2,1-2H3/t7-,9+/m1/s1. The molecule has 2 atom stereocenters. The van der Waals surface area contributed by atoms with Crippen molar-refractivity contribution in [3.05, 3.63) is 23.5 Å². The van der Waals surface area contributed by atoms with Crippen LogP contribution in [0, 0.1) is 0 Å². The Bertz CT molecular complexity index is 265. The molecule has 1 aliphatic heterocycles. The van der Waals surface area contributed by atoms with Crippen molar-refractivity contribution >= 4 is 0 Å². The molecule has 0 aliphatic carbocycles. The lowest BCUT2D eigenvalue weighted by Gasteiger charge is -2.28. The van der Waals surface area contributed by atoms with Crippen LogP contribution in [0.4, 0.5) is 0 Å². The summed E-state index contributed by atoms with van der Waals surface area (Å²) in [4.78, 5) is 3.31. The topological polar surface area (TPSA) is 27.8 Å². The van der Waals surface area contributed by atoms with Gasteiger partial charge >= 0.3 is 0 Å². The maximum atomic E-state index is 3.59. The van der Waals surface area contributed by atoms with Crippen LogP contribution in [-0.4, -0.2) is 11.0 Å². The van der Waals surface area contributed by atoms with Crippen LogP contribution in [0.15, 0.2) is 12.3 Å². The molecule has 0 bridgehead atoms. The van der Waals surface area contributed by atoms with Gasteiger partial charge in [-0.25, -0.2) is 0 Å². The fourth-order valence-corrected chi connectivity index (χ4v) is 2.06. The Kier molecular flexibility index (Phi) is 1.93. The summed E-state index contributed by atoms with van der Waals surface area (Å²) in [5.41, 5.74) is 2.89. The zero-order chi connectivity index (χ0) is 8.55. The zero-order valence-electron chi connectivity index (χ0n) is 7.72. The van der Waals surface area contributed by atoms with Crippen LogP contribution in [0.5, 0.6) is 0 Å². The predicted octanol–water partition coefficient (Wildman–Crippen LogP) is 2.00. The van der Waals surface area contributed by atoms with Gasteiger partial charge in [0.05, 0.1) is 0 Å². The van der Waals surface area contributed by atoms with Crippen molar-refractivity contribution < 1.29 is 0 Å². The van der Waals surface area contributed by atoms with Gasteiger partial charge in [-0.05, 0) is 25.0 Å². The van der Waals surface area contributed by atoms with E-state index >= 15 is 0 Å². The van der Waals surface area contributed by atoms with Crippen molar-refractivity contribution in [2.45, 2.75) is 38.8 Å². The quantitative estimate of drug-likeness (QED) is 0.652. The fourth-order valence-electron chi connectivity index (χ4n) is 2.06. The molecule has 66 valence electrons. The van der Waals surface area contributed by atoms with Gasteiger partial charge in [-0.1, -0.05) is 6.92 Å². The van der Waals surface area contributed by atoms with E-state index in [1.54, 1.807) is 0 Å². The summed E-state index contributed by atoms with van der Waals surface area (Å²) in [5.74, 6) is 0. The van der Waals surface area contributed by atoms with E-state index in [2.05, 4.69) is 30.2 Å². The molecule has 0 unspecified atom stereocenters. The molecular formula is C10H16N2. The third kappa shape index (κ3) is 1.16. The third-order valence-electron chi connectivity index (χ3n) is 2.65. The second-order valence-electron chi connectivity index (χ2n) is 3.64. The normalized spacial score (nSPS) is 28.5. The van der Waals surface area contributed by atoms with E-state index in [-0.39, 0.29) is 0 Å². The summed E-state index contributed by atoms with van der Waals surface area (Å²) in [6, 6.07) is 3.37. The van der Waals surface area contributed by atoms with Crippen molar-refractivity contribution in [3.8, 4) is 0 Å². The minimum atomic E-state index is 0.565. The van der Waals surface area contributed by atoms with Gasteiger partial charge in [-0.2, -0.15) is 0 Å². The summed E-state index contributed by atoms with van der Waals surface area (Å²) in [6.45, 7) is 4.47. The summed E-state index contributed by atoms with van der Waals surface area (Å²) in [5, 5.41) is 3.59. The van der Waals surface area contributed by atoms with Crippen LogP contribution in [0.3, 0.4) is 0 Å². The molecule has 1 aromatic heterocycles. The van der Waals surface area contributed by atoms with E-state index in [0.717, 1.165) is 6.42 Å². The maximum Gasteiger partial charge on any atom is 0.0337 e. The van der Waals surface area contributed by atoms with E-state index in [1.807, 2.05) is 6.20 Å². The SMILES string of the molecule is CC[C@@H]1N[C@H](C)Cc2[nH]ccc21. The Labute approximate surface area is 73.4 Å². The van der Waals surface area contributed by atoms with Gasteiger partial charge in [0, 0.05) is 30.4 Å². The Balaban J connectivity index is 2.31. The second-order valence-corrected chi connectivity index (χ2v) is 3.64. The molecule has 0 saturated heterocycles.